The molecule has 1 N–H and O–H groups in total. The molecule has 1 saturated carbocycles. The molecule has 1 amide bonds. The van der Waals surface area contributed by atoms with Crippen LogP contribution in [0.15, 0.2) is 0 Å². The van der Waals surface area contributed by atoms with E-state index in [0.29, 0.717) is 18.9 Å². The highest BCUT2D eigenvalue weighted by atomic mass is 16.4. The maximum atomic E-state index is 12.4. The van der Waals surface area contributed by atoms with Gasteiger partial charge in [-0.2, -0.15) is 0 Å². The highest BCUT2D eigenvalue weighted by Crippen LogP contribution is 2.39. The van der Waals surface area contributed by atoms with E-state index in [4.69, 9.17) is 0 Å². The SMILES string of the molecule is CCC1CC(C(=O)O)C(C(=O)N(C)CCN(C)C)C1. The molecule has 1 aliphatic rings. The van der Waals surface area contributed by atoms with Crippen molar-refractivity contribution in [1.29, 1.82) is 0 Å². The molecule has 5 heteroatoms. The molecule has 0 aromatic heterocycles. The van der Waals surface area contributed by atoms with E-state index in [9.17, 15) is 14.7 Å². The van der Waals surface area contributed by atoms with E-state index in [1.807, 2.05) is 19.0 Å². The molecule has 5 nitrogen and oxygen atoms in total. The summed E-state index contributed by atoms with van der Waals surface area (Å²) in [5.41, 5.74) is 0. The highest BCUT2D eigenvalue weighted by Gasteiger charge is 2.42. The number of aliphatic carboxylic acids is 1. The van der Waals surface area contributed by atoms with Crippen molar-refractivity contribution in [2.75, 3.05) is 34.2 Å². The van der Waals surface area contributed by atoms with E-state index in [0.717, 1.165) is 19.4 Å². The van der Waals surface area contributed by atoms with Crippen molar-refractivity contribution in [2.24, 2.45) is 17.8 Å². The molecule has 0 radical (unpaired) electrons. The molecule has 110 valence electrons. The number of likely N-dealkylation sites (N-methyl/N-ethyl adjacent to an activating group) is 2. The van der Waals surface area contributed by atoms with Gasteiger partial charge >= 0.3 is 5.97 Å². The Kier molecular flexibility index (Phi) is 5.79. The summed E-state index contributed by atoms with van der Waals surface area (Å²) < 4.78 is 0. The van der Waals surface area contributed by atoms with Crippen molar-refractivity contribution < 1.29 is 14.7 Å². The van der Waals surface area contributed by atoms with Crippen LogP contribution in [0.5, 0.6) is 0 Å². The minimum Gasteiger partial charge on any atom is -0.481 e. The van der Waals surface area contributed by atoms with Gasteiger partial charge in [0.05, 0.1) is 11.8 Å². The molecule has 0 aromatic rings. The molecule has 0 saturated heterocycles. The molecule has 1 fully saturated rings. The summed E-state index contributed by atoms with van der Waals surface area (Å²) >= 11 is 0. The van der Waals surface area contributed by atoms with Crippen molar-refractivity contribution in [1.82, 2.24) is 9.80 Å². The average Bonchev–Trinajstić information content (AvgIpc) is 2.79. The molecule has 0 aromatic carbocycles. The molecule has 3 atom stereocenters. The van der Waals surface area contributed by atoms with Crippen molar-refractivity contribution in [3.63, 3.8) is 0 Å². The monoisotopic (exact) mass is 270 g/mol. The Labute approximate surface area is 115 Å². The van der Waals surface area contributed by atoms with Crippen LogP contribution in [0.3, 0.4) is 0 Å². The Hall–Kier alpha value is -1.10. The number of carbonyl (C=O) groups is 2. The maximum absolute atomic E-state index is 12.4. The Morgan fingerprint density at radius 2 is 1.68 bits per heavy atom. The number of hydrogen-bond donors (Lipinski definition) is 1. The number of amides is 1. The summed E-state index contributed by atoms with van der Waals surface area (Å²) in [4.78, 5) is 27.4. The third kappa shape index (κ3) is 4.20. The second-order valence-electron chi connectivity index (χ2n) is 5.86. The zero-order chi connectivity index (χ0) is 14.6. The van der Waals surface area contributed by atoms with E-state index in [1.165, 1.54) is 0 Å². The van der Waals surface area contributed by atoms with Gasteiger partial charge in [-0.15, -0.1) is 0 Å². The van der Waals surface area contributed by atoms with E-state index in [1.54, 1.807) is 11.9 Å². The van der Waals surface area contributed by atoms with Crippen LogP contribution in [0.25, 0.3) is 0 Å². The molecule has 1 rings (SSSR count). The van der Waals surface area contributed by atoms with Crippen LogP contribution < -0.4 is 0 Å². The fourth-order valence-corrected chi connectivity index (χ4v) is 2.77. The number of nitrogens with zero attached hydrogens (tertiary/aromatic N) is 2. The topological polar surface area (TPSA) is 60.9 Å². The predicted molar refractivity (Wildman–Crippen MR) is 73.8 cm³/mol. The molecular formula is C14H26N2O3. The number of rotatable bonds is 6. The van der Waals surface area contributed by atoms with Crippen molar-refractivity contribution in [2.45, 2.75) is 26.2 Å². The first kappa shape index (κ1) is 16.0. The lowest BCUT2D eigenvalue weighted by Gasteiger charge is -2.24. The van der Waals surface area contributed by atoms with Crippen LogP contribution in [0.4, 0.5) is 0 Å². The first-order valence-corrected chi connectivity index (χ1v) is 6.99. The van der Waals surface area contributed by atoms with Gasteiger partial charge in [-0.05, 0) is 32.9 Å². The van der Waals surface area contributed by atoms with Crippen LogP contribution in [-0.4, -0.2) is 61.0 Å². The summed E-state index contributed by atoms with van der Waals surface area (Å²) in [5.74, 6) is -1.30. The van der Waals surface area contributed by atoms with Gasteiger partial charge < -0.3 is 14.9 Å². The first-order valence-electron chi connectivity index (χ1n) is 6.99. The summed E-state index contributed by atoms with van der Waals surface area (Å²) in [6.07, 6.45) is 2.32. The number of carbonyl (C=O) groups excluding carboxylic acids is 1. The summed E-state index contributed by atoms with van der Waals surface area (Å²) in [6.45, 7) is 3.50. The number of carboxylic acid groups (broad SMARTS) is 1. The smallest absolute Gasteiger partial charge is 0.307 e. The Morgan fingerprint density at radius 3 is 2.16 bits per heavy atom. The standard InChI is InChI=1S/C14H26N2O3/c1-5-10-8-11(12(9-10)14(18)19)13(17)16(4)7-6-15(2)3/h10-12H,5-9H2,1-4H3,(H,18,19). The lowest BCUT2D eigenvalue weighted by Crippen LogP contribution is -2.39. The third-order valence-electron chi connectivity index (χ3n) is 4.13. The molecule has 3 unspecified atom stereocenters. The van der Waals surface area contributed by atoms with E-state index in [2.05, 4.69) is 6.92 Å². The van der Waals surface area contributed by atoms with Gasteiger partial charge in [0.2, 0.25) is 5.91 Å². The summed E-state index contributed by atoms with van der Waals surface area (Å²) in [7, 11) is 5.69. The molecule has 0 spiro atoms. The van der Waals surface area contributed by atoms with E-state index in [-0.39, 0.29) is 11.8 Å². The van der Waals surface area contributed by atoms with Crippen LogP contribution in [0.1, 0.15) is 26.2 Å². The van der Waals surface area contributed by atoms with Gasteiger partial charge in [0.15, 0.2) is 0 Å². The molecule has 0 heterocycles. The fourth-order valence-electron chi connectivity index (χ4n) is 2.77. The minimum absolute atomic E-state index is 0.00907. The Morgan fingerprint density at radius 1 is 1.11 bits per heavy atom. The zero-order valence-corrected chi connectivity index (χ0v) is 12.4. The number of hydrogen-bond acceptors (Lipinski definition) is 3. The van der Waals surface area contributed by atoms with Crippen LogP contribution in [0.2, 0.25) is 0 Å². The maximum Gasteiger partial charge on any atom is 0.307 e. The third-order valence-corrected chi connectivity index (χ3v) is 4.13. The minimum atomic E-state index is -0.824. The molecule has 0 bridgehead atoms. The zero-order valence-electron chi connectivity index (χ0n) is 12.4. The largest absolute Gasteiger partial charge is 0.481 e. The first-order chi connectivity index (χ1) is 8.86. The Bertz CT molecular complexity index is 331. The van der Waals surface area contributed by atoms with Gasteiger partial charge in [0.25, 0.3) is 0 Å². The van der Waals surface area contributed by atoms with Crippen LogP contribution in [0, 0.1) is 17.8 Å². The highest BCUT2D eigenvalue weighted by molar-refractivity contribution is 5.85. The second-order valence-corrected chi connectivity index (χ2v) is 5.86. The Balaban J connectivity index is 2.65. The molecule has 0 aliphatic heterocycles. The predicted octanol–water partition coefficient (Wildman–Crippen LogP) is 1.14. The summed E-state index contributed by atoms with van der Waals surface area (Å²) in [5, 5.41) is 9.27. The van der Waals surface area contributed by atoms with Gasteiger partial charge in [0, 0.05) is 20.1 Å². The van der Waals surface area contributed by atoms with Crippen LogP contribution in [-0.2, 0) is 9.59 Å². The van der Waals surface area contributed by atoms with Crippen molar-refractivity contribution in [3.05, 3.63) is 0 Å². The summed E-state index contributed by atoms with van der Waals surface area (Å²) in [6, 6.07) is 0. The molecule has 1 aliphatic carbocycles. The van der Waals surface area contributed by atoms with Crippen molar-refractivity contribution >= 4 is 11.9 Å². The fraction of sp³-hybridized carbons (Fsp3) is 0.857. The lowest BCUT2D eigenvalue weighted by molar-refractivity contribution is -0.148. The quantitative estimate of drug-likeness (QED) is 0.786. The lowest BCUT2D eigenvalue weighted by atomic mass is 9.95. The van der Waals surface area contributed by atoms with E-state index >= 15 is 0 Å². The molecule has 19 heavy (non-hydrogen) atoms. The van der Waals surface area contributed by atoms with Gasteiger partial charge in [-0.1, -0.05) is 13.3 Å². The van der Waals surface area contributed by atoms with Gasteiger partial charge in [-0.3, -0.25) is 9.59 Å². The van der Waals surface area contributed by atoms with E-state index < -0.39 is 11.9 Å². The number of carboxylic acids is 1. The average molecular weight is 270 g/mol. The van der Waals surface area contributed by atoms with Gasteiger partial charge in [-0.25, -0.2) is 0 Å². The normalized spacial score (nSPS) is 26.7. The second kappa shape index (κ2) is 6.89. The van der Waals surface area contributed by atoms with Crippen LogP contribution >= 0.6 is 0 Å². The van der Waals surface area contributed by atoms with Gasteiger partial charge in [0.1, 0.15) is 0 Å². The molecular weight excluding hydrogens is 244 g/mol. The van der Waals surface area contributed by atoms with Crippen molar-refractivity contribution in [3.8, 4) is 0 Å².